The average Bonchev–Trinajstić information content (AvgIpc) is 3.25. The van der Waals surface area contributed by atoms with Crippen molar-refractivity contribution in [1.29, 1.82) is 0 Å². The molecular formula is C56H111NO3. The predicted octanol–water partition coefficient (Wildman–Crippen LogP) is 18.1. The molecule has 0 aliphatic heterocycles. The fourth-order valence-corrected chi connectivity index (χ4v) is 9.01. The number of hydrogen-bond acceptors (Lipinski definition) is 3. The minimum absolute atomic E-state index is 0.0265. The zero-order valence-corrected chi connectivity index (χ0v) is 41.3. The van der Waals surface area contributed by atoms with Crippen LogP contribution in [0.25, 0.3) is 0 Å². The Kier molecular flexibility index (Phi) is 51.7. The Labute approximate surface area is 377 Å². The first-order chi connectivity index (χ1) is 29.7. The van der Waals surface area contributed by atoms with Gasteiger partial charge in [-0.3, -0.25) is 4.79 Å². The van der Waals surface area contributed by atoms with Crippen molar-refractivity contribution in [2.24, 2.45) is 0 Å². The molecule has 1 amide bonds. The summed E-state index contributed by atoms with van der Waals surface area (Å²) >= 11 is 0. The molecule has 0 rings (SSSR count). The Hall–Kier alpha value is -0.870. The molecule has 0 heterocycles. The molecule has 3 N–H and O–H groups in total. The monoisotopic (exact) mass is 846 g/mol. The molecule has 4 heteroatoms. The molecule has 0 bridgehead atoms. The first kappa shape index (κ1) is 59.1. The van der Waals surface area contributed by atoms with Crippen LogP contribution in [0.3, 0.4) is 0 Å². The van der Waals surface area contributed by atoms with E-state index < -0.39 is 12.1 Å². The minimum Gasteiger partial charge on any atom is -0.394 e. The Morgan fingerprint density at radius 2 is 0.633 bits per heavy atom. The smallest absolute Gasteiger partial charge is 0.220 e. The molecule has 0 radical (unpaired) electrons. The van der Waals surface area contributed by atoms with Gasteiger partial charge in [0.15, 0.2) is 0 Å². The molecule has 4 nitrogen and oxygen atoms in total. The van der Waals surface area contributed by atoms with Gasteiger partial charge in [0.05, 0.1) is 18.8 Å². The third kappa shape index (κ3) is 48.2. The molecule has 0 fully saturated rings. The molecule has 60 heavy (non-hydrogen) atoms. The number of rotatable bonds is 52. The van der Waals surface area contributed by atoms with E-state index in [0.29, 0.717) is 12.8 Å². The maximum atomic E-state index is 12.5. The lowest BCUT2D eigenvalue weighted by atomic mass is 10.0. The summed E-state index contributed by atoms with van der Waals surface area (Å²) in [6, 6.07) is -0.535. The largest absolute Gasteiger partial charge is 0.394 e. The highest BCUT2D eigenvalue weighted by atomic mass is 16.3. The normalized spacial score (nSPS) is 12.8. The zero-order chi connectivity index (χ0) is 43.5. The fraction of sp³-hybridized carbons (Fsp3) is 0.946. The second-order valence-corrected chi connectivity index (χ2v) is 19.4. The summed E-state index contributed by atoms with van der Waals surface area (Å²) in [5.74, 6) is -0.0265. The number of carbonyl (C=O) groups excluding carboxylic acids is 1. The van der Waals surface area contributed by atoms with E-state index in [9.17, 15) is 15.0 Å². The number of hydrogen-bond donors (Lipinski definition) is 3. The van der Waals surface area contributed by atoms with Gasteiger partial charge in [-0.05, 0) is 38.5 Å². The predicted molar refractivity (Wildman–Crippen MR) is 267 cm³/mol. The number of amides is 1. The van der Waals surface area contributed by atoms with Gasteiger partial charge in [-0.1, -0.05) is 289 Å². The van der Waals surface area contributed by atoms with Crippen LogP contribution >= 0.6 is 0 Å². The molecule has 0 aromatic carbocycles. The first-order valence-electron chi connectivity index (χ1n) is 27.9. The number of carbonyl (C=O) groups is 1. The van der Waals surface area contributed by atoms with Crippen LogP contribution in [0.5, 0.6) is 0 Å². The lowest BCUT2D eigenvalue weighted by Crippen LogP contribution is -2.45. The minimum atomic E-state index is -0.658. The number of aliphatic hydroxyl groups is 2. The second kappa shape index (κ2) is 52.5. The number of allylic oxidation sites excluding steroid dienone is 2. The van der Waals surface area contributed by atoms with Crippen LogP contribution in [-0.4, -0.2) is 34.9 Å². The standard InChI is InChI=1S/C56H111NO3/c1-3-5-7-9-11-13-15-17-19-21-23-25-27-28-29-30-32-34-36-38-40-42-44-46-48-50-52-56(60)57-54(53-58)55(59)51-49-47-45-43-41-39-37-35-33-31-26-24-22-20-18-16-14-12-10-8-6-4-2/h28-29,54-55,58-59H,3-27,30-53H2,1-2H3,(H,57,60)/b29-28-. The highest BCUT2D eigenvalue weighted by Gasteiger charge is 2.20. The van der Waals surface area contributed by atoms with E-state index in [1.807, 2.05) is 0 Å². The van der Waals surface area contributed by atoms with E-state index in [4.69, 9.17) is 0 Å². The van der Waals surface area contributed by atoms with E-state index in [2.05, 4.69) is 31.3 Å². The van der Waals surface area contributed by atoms with Crippen LogP contribution in [0.4, 0.5) is 0 Å². The summed E-state index contributed by atoms with van der Waals surface area (Å²) in [4.78, 5) is 12.5. The quantitative estimate of drug-likeness (QED) is 0.0422. The molecule has 0 aliphatic rings. The Balaban J connectivity index is 3.43. The number of nitrogens with one attached hydrogen (secondary N) is 1. The molecule has 0 aromatic rings. The lowest BCUT2D eigenvalue weighted by molar-refractivity contribution is -0.123. The third-order valence-corrected chi connectivity index (χ3v) is 13.3. The van der Waals surface area contributed by atoms with Crippen molar-refractivity contribution in [3.63, 3.8) is 0 Å². The summed E-state index contributed by atoms with van der Waals surface area (Å²) in [6.07, 6.45) is 67.7. The Morgan fingerprint density at radius 1 is 0.383 bits per heavy atom. The van der Waals surface area contributed by atoms with E-state index in [1.54, 1.807) is 0 Å². The maximum absolute atomic E-state index is 12.5. The summed E-state index contributed by atoms with van der Waals surface area (Å²) in [5, 5.41) is 23.3. The SMILES string of the molecule is CCCCCCCCCCCCCC/C=C\CCCCCCCCCCCCC(=O)NC(CO)C(O)CCCCCCCCCCCCCCCCCCCCCCCC. The Bertz CT molecular complexity index is 829. The fourth-order valence-electron chi connectivity index (χ4n) is 9.01. The van der Waals surface area contributed by atoms with E-state index in [-0.39, 0.29) is 12.5 Å². The van der Waals surface area contributed by atoms with Crippen LogP contribution < -0.4 is 5.32 Å². The summed E-state index contributed by atoms with van der Waals surface area (Å²) in [6.45, 7) is 4.40. The van der Waals surface area contributed by atoms with Gasteiger partial charge in [-0.2, -0.15) is 0 Å². The van der Waals surface area contributed by atoms with Gasteiger partial charge < -0.3 is 15.5 Å². The molecule has 0 spiro atoms. The molecular weight excluding hydrogens is 735 g/mol. The van der Waals surface area contributed by atoms with Crippen molar-refractivity contribution >= 4 is 5.91 Å². The molecule has 0 saturated carbocycles. The van der Waals surface area contributed by atoms with Gasteiger partial charge in [0, 0.05) is 6.42 Å². The van der Waals surface area contributed by atoms with Gasteiger partial charge in [0.1, 0.15) is 0 Å². The zero-order valence-electron chi connectivity index (χ0n) is 41.3. The lowest BCUT2D eigenvalue weighted by Gasteiger charge is -2.22. The van der Waals surface area contributed by atoms with Gasteiger partial charge in [0.2, 0.25) is 5.91 Å². The summed E-state index contributed by atoms with van der Waals surface area (Å²) in [7, 11) is 0. The number of unbranched alkanes of at least 4 members (excludes halogenated alkanes) is 43. The van der Waals surface area contributed by atoms with Gasteiger partial charge in [-0.15, -0.1) is 0 Å². The van der Waals surface area contributed by atoms with Crippen LogP contribution in [0.2, 0.25) is 0 Å². The van der Waals surface area contributed by atoms with Crippen molar-refractivity contribution < 1.29 is 15.0 Å². The van der Waals surface area contributed by atoms with Crippen molar-refractivity contribution in [3.05, 3.63) is 12.2 Å². The van der Waals surface area contributed by atoms with Crippen LogP contribution in [0, 0.1) is 0 Å². The molecule has 2 atom stereocenters. The summed E-state index contributed by atoms with van der Waals surface area (Å²) in [5.41, 5.74) is 0. The average molecular weight is 847 g/mol. The van der Waals surface area contributed by atoms with Gasteiger partial charge in [-0.25, -0.2) is 0 Å². The molecule has 358 valence electrons. The topological polar surface area (TPSA) is 69.6 Å². The molecule has 0 aromatic heterocycles. The second-order valence-electron chi connectivity index (χ2n) is 19.4. The van der Waals surface area contributed by atoms with Gasteiger partial charge >= 0.3 is 0 Å². The van der Waals surface area contributed by atoms with Crippen molar-refractivity contribution in [2.75, 3.05) is 6.61 Å². The van der Waals surface area contributed by atoms with Crippen molar-refractivity contribution in [1.82, 2.24) is 5.32 Å². The van der Waals surface area contributed by atoms with Crippen molar-refractivity contribution in [3.8, 4) is 0 Å². The van der Waals surface area contributed by atoms with E-state index in [1.165, 1.54) is 270 Å². The van der Waals surface area contributed by atoms with Crippen LogP contribution in [0.15, 0.2) is 12.2 Å². The Morgan fingerprint density at radius 3 is 0.917 bits per heavy atom. The molecule has 2 unspecified atom stereocenters. The van der Waals surface area contributed by atoms with Crippen LogP contribution in [-0.2, 0) is 4.79 Å². The first-order valence-corrected chi connectivity index (χ1v) is 27.9. The maximum Gasteiger partial charge on any atom is 0.220 e. The van der Waals surface area contributed by atoms with Crippen LogP contribution in [0.1, 0.15) is 322 Å². The van der Waals surface area contributed by atoms with E-state index >= 15 is 0 Å². The highest BCUT2D eigenvalue weighted by Crippen LogP contribution is 2.18. The van der Waals surface area contributed by atoms with Crippen molar-refractivity contribution in [2.45, 2.75) is 334 Å². The third-order valence-electron chi connectivity index (χ3n) is 13.3. The highest BCUT2D eigenvalue weighted by molar-refractivity contribution is 5.76. The van der Waals surface area contributed by atoms with E-state index in [0.717, 1.165) is 25.7 Å². The molecule has 0 aliphatic carbocycles. The summed E-state index contributed by atoms with van der Waals surface area (Å²) < 4.78 is 0. The number of aliphatic hydroxyl groups excluding tert-OH is 2. The molecule has 0 saturated heterocycles. The van der Waals surface area contributed by atoms with Gasteiger partial charge in [0.25, 0.3) is 0 Å².